The number of aliphatic imine (C=N–C) groups is 1. The average molecular weight is 550 g/mol. The first-order valence-electron chi connectivity index (χ1n) is 13.6. The summed E-state index contributed by atoms with van der Waals surface area (Å²) in [7, 11) is 1.50. The van der Waals surface area contributed by atoms with Crippen LogP contribution in [0.1, 0.15) is 42.5 Å². The number of benzene rings is 2. The molecule has 0 aromatic heterocycles. The highest BCUT2D eigenvalue weighted by Gasteiger charge is 2.17. The van der Waals surface area contributed by atoms with Gasteiger partial charge in [-0.1, -0.05) is 37.3 Å². The van der Waals surface area contributed by atoms with Crippen molar-refractivity contribution in [1.29, 1.82) is 0 Å². The van der Waals surface area contributed by atoms with Gasteiger partial charge in [-0.3, -0.25) is 19.8 Å². The molecular weight excluding hydrogens is 506 g/mol. The first kappa shape index (κ1) is 32.4. The lowest BCUT2D eigenvalue weighted by molar-refractivity contribution is -0.119. The van der Waals surface area contributed by atoms with Crippen LogP contribution in [0.25, 0.3) is 0 Å². The third-order valence-corrected chi connectivity index (χ3v) is 6.43. The van der Waals surface area contributed by atoms with Crippen molar-refractivity contribution < 1.29 is 14.4 Å². The largest absolute Gasteiger partial charge is 0.362 e. The van der Waals surface area contributed by atoms with Gasteiger partial charge in [0.2, 0.25) is 12.3 Å². The molecule has 2 aromatic rings. The van der Waals surface area contributed by atoms with Crippen molar-refractivity contribution in [2.75, 3.05) is 44.7 Å². The summed E-state index contributed by atoms with van der Waals surface area (Å²) >= 11 is 0. The number of rotatable bonds is 12. The lowest BCUT2D eigenvalue weighted by Gasteiger charge is -2.25. The van der Waals surface area contributed by atoms with Crippen LogP contribution >= 0.6 is 0 Å². The van der Waals surface area contributed by atoms with Crippen LogP contribution in [-0.2, 0) is 27.5 Å². The van der Waals surface area contributed by atoms with Gasteiger partial charge in [-0.15, -0.1) is 0 Å². The van der Waals surface area contributed by atoms with Crippen LogP contribution in [-0.4, -0.2) is 69.1 Å². The van der Waals surface area contributed by atoms with E-state index in [0.29, 0.717) is 31.6 Å². The monoisotopic (exact) mass is 549 g/mol. The van der Waals surface area contributed by atoms with Crippen LogP contribution in [0.4, 0.5) is 5.69 Å². The maximum absolute atomic E-state index is 12.2. The Hall–Kier alpha value is -3.86. The van der Waals surface area contributed by atoms with Gasteiger partial charge < -0.3 is 21.3 Å². The number of nitrogens with zero attached hydrogens (tertiary/aromatic N) is 3. The quantitative estimate of drug-likeness (QED) is 0.235. The molecule has 0 aliphatic carbocycles. The van der Waals surface area contributed by atoms with Gasteiger partial charge in [-0.05, 0) is 67.9 Å². The second-order valence-corrected chi connectivity index (χ2v) is 9.10. The predicted molar refractivity (Wildman–Crippen MR) is 161 cm³/mol. The number of fused-ring (bicyclic) bond motifs is 1. The fraction of sp³-hybridized carbons (Fsp3) is 0.400. The van der Waals surface area contributed by atoms with Crippen LogP contribution in [0.15, 0.2) is 59.2 Å². The predicted octanol–water partition coefficient (Wildman–Crippen LogP) is 2.06. The molecular formula is C30H43N7O3. The van der Waals surface area contributed by atoms with Gasteiger partial charge in [0.05, 0.1) is 18.0 Å². The summed E-state index contributed by atoms with van der Waals surface area (Å²) in [5, 5.41) is 8.01. The lowest BCUT2D eigenvalue weighted by atomic mass is 10.0. The Bertz CT molecular complexity index is 1150. The molecule has 0 radical (unpaired) electrons. The van der Waals surface area contributed by atoms with Gasteiger partial charge in [0.25, 0.3) is 0 Å². The van der Waals surface area contributed by atoms with Crippen molar-refractivity contribution in [2.45, 2.75) is 40.3 Å². The molecule has 5 N–H and O–H groups in total. The van der Waals surface area contributed by atoms with Crippen molar-refractivity contribution in [3.63, 3.8) is 0 Å². The highest BCUT2D eigenvalue weighted by molar-refractivity contribution is 6.06. The number of allylic oxidation sites excluding steroid dienone is 2. The molecule has 2 amide bonds. The molecule has 2 aromatic carbocycles. The minimum absolute atomic E-state index is 0.0215. The molecule has 0 unspecified atom stereocenters. The molecule has 216 valence electrons. The SMILES string of the molecule is CCNCCNC(=O)CN(CC)c1ccc(C2=NC(C=O)=CC2)cc1C.CN.O=CNN1Cc2ccccc2C1. The summed E-state index contributed by atoms with van der Waals surface area (Å²) in [6.07, 6.45) is 4.01. The molecule has 0 fully saturated rings. The standard InChI is InChI=1S/C20H28N4O2.C9H10N2O.CH5N/c1-4-21-10-11-22-20(26)13-24(5-2)19-9-6-16(12-15(19)3)18-8-7-17(14-25)23-18;12-7-10-11-5-8-3-1-2-4-9(8)6-11;1-2/h6-7,9,12,14,21H,4-5,8,10-11,13H2,1-3H3,(H,22,26);1-4,7H,5-6H2,(H,10,12);2H2,1H3. The fourth-order valence-corrected chi connectivity index (χ4v) is 4.46. The molecule has 0 saturated carbocycles. The third kappa shape index (κ3) is 9.71. The number of aldehydes is 1. The highest BCUT2D eigenvalue weighted by Crippen LogP contribution is 2.24. The van der Waals surface area contributed by atoms with E-state index >= 15 is 0 Å². The van der Waals surface area contributed by atoms with E-state index in [-0.39, 0.29) is 5.91 Å². The molecule has 0 saturated heterocycles. The Morgan fingerprint density at radius 2 is 1.77 bits per heavy atom. The Morgan fingerprint density at radius 1 is 1.07 bits per heavy atom. The number of amides is 2. The number of nitrogens with one attached hydrogen (secondary N) is 3. The van der Waals surface area contributed by atoms with E-state index in [1.807, 2.05) is 56.1 Å². The number of carbonyl (C=O) groups is 3. The van der Waals surface area contributed by atoms with Gasteiger partial charge in [0, 0.05) is 44.8 Å². The van der Waals surface area contributed by atoms with Crippen LogP contribution in [0.5, 0.6) is 0 Å². The maximum atomic E-state index is 12.2. The van der Waals surface area contributed by atoms with Crippen molar-refractivity contribution in [2.24, 2.45) is 10.7 Å². The number of likely N-dealkylation sites (N-methyl/N-ethyl adjacent to an activating group) is 2. The van der Waals surface area contributed by atoms with Crippen LogP contribution < -0.4 is 26.7 Å². The van der Waals surface area contributed by atoms with E-state index in [4.69, 9.17) is 0 Å². The zero-order chi connectivity index (χ0) is 29.3. The lowest BCUT2D eigenvalue weighted by Crippen LogP contribution is -2.40. The molecule has 10 heteroatoms. The van der Waals surface area contributed by atoms with Gasteiger partial charge in [-0.2, -0.15) is 0 Å². The van der Waals surface area contributed by atoms with Gasteiger partial charge in [0.15, 0.2) is 6.29 Å². The fourth-order valence-electron chi connectivity index (χ4n) is 4.46. The highest BCUT2D eigenvalue weighted by atomic mass is 16.2. The van der Waals surface area contributed by atoms with E-state index < -0.39 is 0 Å². The number of anilines is 1. The van der Waals surface area contributed by atoms with Gasteiger partial charge in [-0.25, -0.2) is 10.0 Å². The second kappa shape index (κ2) is 17.7. The zero-order valence-corrected chi connectivity index (χ0v) is 24.1. The summed E-state index contributed by atoms with van der Waals surface area (Å²) in [5.74, 6) is 0.0215. The zero-order valence-electron chi connectivity index (χ0n) is 24.1. The van der Waals surface area contributed by atoms with Crippen molar-refractivity contribution >= 4 is 30.0 Å². The summed E-state index contributed by atoms with van der Waals surface area (Å²) in [4.78, 5) is 39.5. The van der Waals surface area contributed by atoms with Crippen LogP contribution in [0, 0.1) is 6.92 Å². The smallest absolute Gasteiger partial charge is 0.239 e. The Morgan fingerprint density at radius 3 is 2.33 bits per heavy atom. The number of hydrogen-bond donors (Lipinski definition) is 4. The Kier molecular flexibility index (Phi) is 14.3. The van der Waals surface area contributed by atoms with E-state index in [2.05, 4.69) is 49.9 Å². The average Bonchev–Trinajstić information content (AvgIpc) is 3.63. The van der Waals surface area contributed by atoms with Crippen molar-refractivity contribution in [3.05, 3.63) is 76.5 Å². The van der Waals surface area contributed by atoms with Crippen LogP contribution in [0.3, 0.4) is 0 Å². The molecule has 2 heterocycles. The molecule has 2 aliphatic rings. The molecule has 0 atom stereocenters. The topological polar surface area (TPSA) is 132 Å². The van der Waals surface area contributed by atoms with E-state index in [1.54, 1.807) is 0 Å². The van der Waals surface area contributed by atoms with E-state index in [0.717, 1.165) is 61.5 Å². The first-order valence-corrected chi connectivity index (χ1v) is 13.6. The molecule has 0 spiro atoms. The first-order chi connectivity index (χ1) is 19.5. The molecule has 40 heavy (non-hydrogen) atoms. The van der Waals surface area contributed by atoms with E-state index in [9.17, 15) is 14.4 Å². The normalized spacial score (nSPS) is 13.4. The van der Waals surface area contributed by atoms with E-state index in [1.165, 1.54) is 18.2 Å². The third-order valence-electron chi connectivity index (χ3n) is 6.43. The number of hydrazine groups is 1. The number of carbonyl (C=O) groups excluding carboxylic acids is 3. The summed E-state index contributed by atoms with van der Waals surface area (Å²) in [6, 6.07) is 14.3. The molecule has 10 nitrogen and oxygen atoms in total. The summed E-state index contributed by atoms with van der Waals surface area (Å²) < 4.78 is 0. The number of hydrogen-bond acceptors (Lipinski definition) is 8. The van der Waals surface area contributed by atoms with Crippen molar-refractivity contribution in [3.8, 4) is 0 Å². The summed E-state index contributed by atoms with van der Waals surface area (Å²) in [6.45, 7) is 11.1. The van der Waals surface area contributed by atoms with Crippen molar-refractivity contribution in [1.82, 2.24) is 21.1 Å². The van der Waals surface area contributed by atoms with Gasteiger partial charge >= 0.3 is 0 Å². The van der Waals surface area contributed by atoms with Crippen LogP contribution in [0.2, 0.25) is 0 Å². The summed E-state index contributed by atoms with van der Waals surface area (Å²) in [5.41, 5.74) is 14.3. The Labute approximate surface area is 237 Å². The molecule has 4 rings (SSSR count). The molecule has 0 bridgehead atoms. The maximum Gasteiger partial charge on any atom is 0.239 e. The van der Waals surface area contributed by atoms with Gasteiger partial charge in [0.1, 0.15) is 0 Å². The minimum atomic E-state index is 0.0215. The Balaban J connectivity index is 0.000000331. The second-order valence-electron chi connectivity index (χ2n) is 9.10. The number of aryl methyl sites for hydroxylation is 1. The number of nitrogens with two attached hydrogens (primary N) is 1. The molecule has 2 aliphatic heterocycles. The minimum Gasteiger partial charge on any atom is -0.362 e.